The van der Waals surface area contributed by atoms with Crippen molar-refractivity contribution in [2.45, 2.75) is 52.6 Å². The molecular formula is C28H31N3O3S. The Morgan fingerprint density at radius 3 is 2.49 bits per heavy atom. The van der Waals surface area contributed by atoms with E-state index in [0.29, 0.717) is 23.7 Å². The van der Waals surface area contributed by atoms with Gasteiger partial charge in [0.2, 0.25) is 5.91 Å². The number of ether oxygens (including phenoxy) is 1. The van der Waals surface area contributed by atoms with Gasteiger partial charge in [-0.2, -0.15) is 0 Å². The summed E-state index contributed by atoms with van der Waals surface area (Å²) in [5.74, 6) is -0.0595. The quantitative estimate of drug-likeness (QED) is 0.485. The predicted octanol–water partition coefficient (Wildman–Crippen LogP) is 5.65. The first kappa shape index (κ1) is 24.8. The first-order valence-electron chi connectivity index (χ1n) is 11.9. The highest BCUT2D eigenvalue weighted by atomic mass is 32.2. The molecular weight excluding hydrogens is 458 g/mol. The van der Waals surface area contributed by atoms with Gasteiger partial charge in [0.15, 0.2) is 5.17 Å². The molecule has 2 aliphatic heterocycles. The number of carbonyl (C=O) groups is 2. The number of allylic oxidation sites excluding steroid dienone is 1. The fourth-order valence-electron chi connectivity index (χ4n) is 4.24. The molecule has 0 bridgehead atoms. The molecule has 0 aromatic heterocycles. The first-order chi connectivity index (χ1) is 16.9. The van der Waals surface area contributed by atoms with Crippen molar-refractivity contribution in [1.82, 2.24) is 10.2 Å². The van der Waals surface area contributed by atoms with Crippen LogP contribution in [0.15, 0.2) is 82.0 Å². The standard InChI is InChI=1S/C28H31N3O3S/c1-5-34-27(33)25-19(4)30-28-31(26(25)22-13-11-21(12-14-22)18(2)3)23(17-35-28)15-24(32)29-16-20-9-7-6-8-10-20/h6-14,17-18,26H,5,15-16H2,1-4H3,(H,29,32)/t26-/m0/s1. The number of nitrogens with one attached hydrogen (secondary N) is 1. The fraction of sp³-hybridized carbons (Fsp3) is 0.321. The zero-order chi connectivity index (χ0) is 24.9. The van der Waals surface area contributed by atoms with Gasteiger partial charge in [0.25, 0.3) is 0 Å². The van der Waals surface area contributed by atoms with Crippen LogP contribution < -0.4 is 5.32 Å². The SMILES string of the molecule is CCOC(=O)C1=C(C)N=C2SC=C(CC(=O)NCc3ccccc3)N2[C@H]1c1ccc(C(C)C)cc1. The summed E-state index contributed by atoms with van der Waals surface area (Å²) < 4.78 is 5.42. The lowest BCUT2D eigenvalue weighted by Crippen LogP contribution is -2.38. The van der Waals surface area contributed by atoms with Gasteiger partial charge in [0, 0.05) is 12.2 Å². The molecule has 2 aliphatic rings. The van der Waals surface area contributed by atoms with Crippen LogP contribution >= 0.6 is 11.8 Å². The molecule has 1 atom stereocenters. The summed E-state index contributed by atoms with van der Waals surface area (Å²) in [4.78, 5) is 32.6. The zero-order valence-corrected chi connectivity index (χ0v) is 21.4. The van der Waals surface area contributed by atoms with Crippen LogP contribution in [0.4, 0.5) is 0 Å². The van der Waals surface area contributed by atoms with Crippen molar-refractivity contribution in [3.63, 3.8) is 0 Å². The highest BCUT2D eigenvalue weighted by Crippen LogP contribution is 2.45. The largest absolute Gasteiger partial charge is 0.463 e. The Balaban J connectivity index is 1.62. The molecule has 2 aromatic rings. The Labute approximate surface area is 211 Å². The zero-order valence-electron chi connectivity index (χ0n) is 20.6. The van der Waals surface area contributed by atoms with Crippen LogP contribution in [0.1, 0.15) is 62.8 Å². The minimum absolute atomic E-state index is 0.0835. The van der Waals surface area contributed by atoms with E-state index in [4.69, 9.17) is 9.73 Å². The normalized spacial score (nSPS) is 17.2. The number of amidine groups is 1. The maximum Gasteiger partial charge on any atom is 0.338 e. The second-order valence-electron chi connectivity index (χ2n) is 8.87. The molecule has 182 valence electrons. The molecule has 1 amide bonds. The van der Waals surface area contributed by atoms with Gasteiger partial charge in [-0.05, 0) is 41.9 Å². The van der Waals surface area contributed by atoms with Gasteiger partial charge < -0.3 is 15.0 Å². The number of nitrogens with zero attached hydrogens (tertiary/aromatic N) is 2. The molecule has 35 heavy (non-hydrogen) atoms. The lowest BCUT2D eigenvalue weighted by molar-refractivity contribution is -0.139. The van der Waals surface area contributed by atoms with Gasteiger partial charge in [-0.25, -0.2) is 9.79 Å². The molecule has 7 heteroatoms. The summed E-state index contributed by atoms with van der Waals surface area (Å²) in [6.45, 7) is 8.70. The number of fused-ring (bicyclic) bond motifs is 1. The van der Waals surface area contributed by atoms with E-state index in [1.54, 1.807) is 6.92 Å². The smallest absolute Gasteiger partial charge is 0.338 e. The lowest BCUT2D eigenvalue weighted by atomic mass is 9.92. The van der Waals surface area contributed by atoms with Crippen LogP contribution in [-0.4, -0.2) is 28.6 Å². The summed E-state index contributed by atoms with van der Waals surface area (Å²) in [6.07, 6.45) is 0.189. The molecule has 0 spiro atoms. The average molecular weight is 490 g/mol. The maximum atomic E-state index is 13.1. The van der Waals surface area contributed by atoms with Crippen LogP contribution in [0.25, 0.3) is 0 Å². The second kappa shape index (κ2) is 11.0. The third kappa shape index (κ3) is 5.51. The molecule has 0 saturated heterocycles. The minimum atomic E-state index is -0.411. The maximum absolute atomic E-state index is 13.1. The number of carbonyl (C=O) groups excluding carboxylic acids is 2. The number of esters is 1. The predicted molar refractivity (Wildman–Crippen MR) is 140 cm³/mol. The Kier molecular flexibility index (Phi) is 7.76. The molecule has 0 radical (unpaired) electrons. The van der Waals surface area contributed by atoms with E-state index in [0.717, 1.165) is 22.0 Å². The topological polar surface area (TPSA) is 71.0 Å². The highest BCUT2D eigenvalue weighted by molar-refractivity contribution is 8.16. The number of hydrogen-bond acceptors (Lipinski definition) is 6. The van der Waals surface area contributed by atoms with Gasteiger partial charge in [-0.1, -0.05) is 80.2 Å². The molecule has 1 N–H and O–H groups in total. The van der Waals surface area contributed by atoms with Gasteiger partial charge in [0.1, 0.15) is 0 Å². The first-order valence-corrected chi connectivity index (χ1v) is 12.8. The number of amides is 1. The van der Waals surface area contributed by atoms with Gasteiger partial charge in [-0.15, -0.1) is 0 Å². The number of benzene rings is 2. The van der Waals surface area contributed by atoms with E-state index in [2.05, 4.69) is 43.4 Å². The van der Waals surface area contributed by atoms with E-state index in [9.17, 15) is 9.59 Å². The molecule has 0 fully saturated rings. The van der Waals surface area contributed by atoms with E-state index in [-0.39, 0.29) is 24.9 Å². The highest BCUT2D eigenvalue weighted by Gasteiger charge is 2.41. The van der Waals surface area contributed by atoms with Gasteiger partial charge >= 0.3 is 5.97 Å². The molecule has 0 saturated carbocycles. The molecule has 2 aromatic carbocycles. The van der Waals surface area contributed by atoms with Crippen molar-refractivity contribution >= 4 is 28.8 Å². The second-order valence-corrected chi connectivity index (χ2v) is 9.71. The van der Waals surface area contributed by atoms with Crippen LogP contribution in [-0.2, 0) is 20.9 Å². The summed E-state index contributed by atoms with van der Waals surface area (Å²) in [7, 11) is 0. The van der Waals surface area contributed by atoms with Crippen molar-refractivity contribution in [2.24, 2.45) is 4.99 Å². The average Bonchev–Trinajstić information content (AvgIpc) is 3.24. The Morgan fingerprint density at radius 1 is 1.11 bits per heavy atom. The number of rotatable bonds is 8. The third-order valence-corrected chi connectivity index (χ3v) is 6.98. The number of thioether (sulfide) groups is 1. The number of hydrogen-bond donors (Lipinski definition) is 1. The van der Waals surface area contributed by atoms with Crippen molar-refractivity contribution < 1.29 is 14.3 Å². The Bertz CT molecular complexity index is 1180. The van der Waals surface area contributed by atoms with Crippen LogP contribution in [0.5, 0.6) is 0 Å². The van der Waals surface area contributed by atoms with E-state index >= 15 is 0 Å². The molecule has 2 heterocycles. The van der Waals surface area contributed by atoms with Crippen LogP contribution in [0.3, 0.4) is 0 Å². The van der Waals surface area contributed by atoms with Crippen molar-refractivity contribution in [2.75, 3.05) is 6.61 Å². The summed E-state index contributed by atoms with van der Waals surface area (Å²) in [5.41, 5.74) is 5.19. The molecule has 4 rings (SSSR count). The molecule has 6 nitrogen and oxygen atoms in total. The van der Waals surface area contributed by atoms with Crippen molar-refractivity contribution in [3.8, 4) is 0 Å². The minimum Gasteiger partial charge on any atom is -0.463 e. The molecule has 0 aliphatic carbocycles. The lowest BCUT2D eigenvalue weighted by Gasteiger charge is -2.36. The Hall–Kier alpha value is -3.32. The van der Waals surface area contributed by atoms with Gasteiger partial charge in [0.05, 0.1) is 30.3 Å². The summed E-state index contributed by atoms with van der Waals surface area (Å²) in [5, 5.41) is 5.72. The van der Waals surface area contributed by atoms with Crippen LogP contribution in [0.2, 0.25) is 0 Å². The van der Waals surface area contributed by atoms with E-state index in [1.165, 1.54) is 17.3 Å². The van der Waals surface area contributed by atoms with Crippen molar-refractivity contribution in [1.29, 1.82) is 0 Å². The van der Waals surface area contributed by atoms with Crippen molar-refractivity contribution in [3.05, 3.63) is 93.7 Å². The summed E-state index contributed by atoms with van der Waals surface area (Å²) >= 11 is 1.48. The monoisotopic (exact) mass is 489 g/mol. The van der Waals surface area contributed by atoms with E-state index < -0.39 is 6.04 Å². The summed E-state index contributed by atoms with van der Waals surface area (Å²) in [6, 6.07) is 17.7. The fourth-order valence-corrected chi connectivity index (χ4v) is 5.21. The van der Waals surface area contributed by atoms with Crippen LogP contribution in [0, 0.1) is 0 Å². The number of aliphatic imine (C=N–C) groups is 1. The van der Waals surface area contributed by atoms with Gasteiger partial charge in [-0.3, -0.25) is 4.79 Å². The van der Waals surface area contributed by atoms with E-state index in [1.807, 2.05) is 47.6 Å². The molecule has 0 unspecified atom stereocenters. The Morgan fingerprint density at radius 2 is 1.83 bits per heavy atom. The third-order valence-electron chi connectivity index (χ3n) is 6.09.